The predicted octanol–water partition coefficient (Wildman–Crippen LogP) is -1.25. The van der Waals surface area contributed by atoms with E-state index in [-0.39, 0.29) is 13.2 Å². The molecule has 3 N–H and O–H groups in total. The minimum atomic E-state index is -1.20. The summed E-state index contributed by atoms with van der Waals surface area (Å²) >= 11 is 0. The number of aliphatic hydroxyl groups is 3. The zero-order chi connectivity index (χ0) is 11.3. The van der Waals surface area contributed by atoms with Crippen LogP contribution in [0.2, 0.25) is 0 Å². The summed E-state index contributed by atoms with van der Waals surface area (Å²) in [5.41, 5.74) is 7.98. The normalized spacial score (nSPS) is 35.1. The van der Waals surface area contributed by atoms with Gasteiger partial charge in [-0.05, 0) is 5.53 Å². The van der Waals surface area contributed by atoms with Crippen LogP contribution in [0.3, 0.4) is 0 Å². The highest BCUT2D eigenvalue weighted by Gasteiger charge is 2.42. The lowest BCUT2D eigenvalue weighted by atomic mass is 10.1. The third-order valence-electron chi connectivity index (χ3n) is 2.04. The summed E-state index contributed by atoms with van der Waals surface area (Å²) in [5, 5.41) is 30.7. The van der Waals surface area contributed by atoms with Crippen molar-refractivity contribution in [3.63, 3.8) is 0 Å². The molecule has 0 amide bonds. The molecule has 1 aliphatic rings. The average molecular weight is 219 g/mol. The number of azide groups is 1. The number of rotatable bonds is 5. The Bertz CT molecular complexity index is 245. The van der Waals surface area contributed by atoms with Crippen molar-refractivity contribution >= 4 is 0 Å². The minimum absolute atomic E-state index is 0.0800. The van der Waals surface area contributed by atoms with Gasteiger partial charge in [0.15, 0.2) is 6.29 Å². The molecule has 0 saturated carbocycles. The molecule has 0 aromatic rings. The molecule has 1 unspecified atom stereocenters. The Morgan fingerprint density at radius 2 is 2.13 bits per heavy atom. The Kier molecular flexibility index (Phi) is 4.76. The maximum absolute atomic E-state index is 9.40. The molecule has 0 spiro atoms. The van der Waals surface area contributed by atoms with E-state index in [0.717, 1.165) is 0 Å². The van der Waals surface area contributed by atoms with Crippen LogP contribution in [0.5, 0.6) is 0 Å². The number of ether oxygens (including phenoxy) is 2. The fourth-order valence-electron chi connectivity index (χ4n) is 1.26. The fourth-order valence-corrected chi connectivity index (χ4v) is 1.26. The molecule has 1 rings (SSSR count). The van der Waals surface area contributed by atoms with Gasteiger partial charge in [-0.15, -0.1) is 0 Å². The summed E-state index contributed by atoms with van der Waals surface area (Å²) in [6.07, 6.45) is -4.21. The van der Waals surface area contributed by atoms with Crippen molar-refractivity contribution in [3.8, 4) is 0 Å². The first-order valence-electron chi connectivity index (χ1n) is 4.45. The SMILES string of the molecule is [N-]=[N+]=NCCO[C@@H]1O[C@H](CO)C(O)[C@@H]1O. The zero-order valence-corrected chi connectivity index (χ0v) is 7.93. The summed E-state index contributed by atoms with van der Waals surface area (Å²) in [6.45, 7) is -0.200. The third kappa shape index (κ3) is 3.03. The van der Waals surface area contributed by atoms with E-state index in [2.05, 4.69) is 10.0 Å². The van der Waals surface area contributed by atoms with Gasteiger partial charge in [0, 0.05) is 11.5 Å². The molecule has 1 aliphatic heterocycles. The van der Waals surface area contributed by atoms with Gasteiger partial charge >= 0.3 is 0 Å². The van der Waals surface area contributed by atoms with E-state index in [1.807, 2.05) is 0 Å². The van der Waals surface area contributed by atoms with Crippen molar-refractivity contribution in [2.24, 2.45) is 5.11 Å². The van der Waals surface area contributed by atoms with Crippen LogP contribution in [0.15, 0.2) is 5.11 Å². The van der Waals surface area contributed by atoms with Crippen LogP contribution in [0.25, 0.3) is 10.4 Å². The molecule has 1 fully saturated rings. The first-order chi connectivity index (χ1) is 7.20. The van der Waals surface area contributed by atoms with Crippen LogP contribution in [-0.2, 0) is 9.47 Å². The second-order valence-electron chi connectivity index (χ2n) is 3.03. The second kappa shape index (κ2) is 5.86. The lowest BCUT2D eigenvalue weighted by Crippen LogP contribution is -2.34. The maximum Gasteiger partial charge on any atom is 0.186 e. The predicted molar refractivity (Wildman–Crippen MR) is 47.7 cm³/mol. The molecule has 1 heterocycles. The molecule has 86 valence electrons. The number of aliphatic hydroxyl groups excluding tert-OH is 3. The van der Waals surface area contributed by atoms with E-state index < -0.39 is 31.2 Å². The quantitative estimate of drug-likeness (QED) is 0.230. The second-order valence-corrected chi connectivity index (χ2v) is 3.03. The lowest BCUT2D eigenvalue weighted by Gasteiger charge is -2.14. The third-order valence-corrected chi connectivity index (χ3v) is 2.04. The Balaban J connectivity index is 2.33. The van der Waals surface area contributed by atoms with Crippen LogP contribution in [0.1, 0.15) is 0 Å². The summed E-state index contributed by atoms with van der Waals surface area (Å²) in [4.78, 5) is 2.52. The van der Waals surface area contributed by atoms with E-state index in [0.29, 0.717) is 0 Å². The van der Waals surface area contributed by atoms with E-state index in [1.165, 1.54) is 0 Å². The molecule has 8 nitrogen and oxygen atoms in total. The smallest absolute Gasteiger partial charge is 0.186 e. The fraction of sp³-hybridized carbons (Fsp3) is 1.00. The zero-order valence-electron chi connectivity index (χ0n) is 7.93. The highest BCUT2D eigenvalue weighted by molar-refractivity contribution is 4.86. The van der Waals surface area contributed by atoms with Gasteiger partial charge in [0.2, 0.25) is 0 Å². The summed E-state index contributed by atoms with van der Waals surface area (Å²) in [6, 6.07) is 0. The molecule has 0 radical (unpaired) electrons. The van der Waals surface area contributed by atoms with Crippen LogP contribution in [0, 0.1) is 0 Å². The van der Waals surface area contributed by atoms with Crippen LogP contribution >= 0.6 is 0 Å². The van der Waals surface area contributed by atoms with Gasteiger partial charge in [-0.25, -0.2) is 0 Å². The van der Waals surface area contributed by atoms with Gasteiger partial charge in [0.25, 0.3) is 0 Å². The molecule has 1 saturated heterocycles. The van der Waals surface area contributed by atoms with E-state index in [1.54, 1.807) is 0 Å². The van der Waals surface area contributed by atoms with Crippen molar-refractivity contribution in [1.29, 1.82) is 0 Å². The van der Waals surface area contributed by atoms with Gasteiger partial charge in [-0.2, -0.15) is 0 Å². The van der Waals surface area contributed by atoms with Gasteiger partial charge in [0.05, 0.1) is 13.2 Å². The molecular formula is C7H13N3O5. The van der Waals surface area contributed by atoms with Crippen molar-refractivity contribution in [3.05, 3.63) is 10.4 Å². The molecule has 0 aromatic carbocycles. The highest BCUT2D eigenvalue weighted by Crippen LogP contribution is 2.21. The molecule has 0 aromatic heterocycles. The van der Waals surface area contributed by atoms with Crippen LogP contribution in [-0.4, -0.2) is 59.7 Å². The van der Waals surface area contributed by atoms with E-state index in [9.17, 15) is 10.2 Å². The minimum Gasteiger partial charge on any atom is -0.394 e. The van der Waals surface area contributed by atoms with Gasteiger partial charge in [0.1, 0.15) is 18.3 Å². The highest BCUT2D eigenvalue weighted by atomic mass is 16.7. The van der Waals surface area contributed by atoms with Crippen LogP contribution < -0.4 is 0 Å². The first-order valence-corrected chi connectivity index (χ1v) is 4.45. The summed E-state index contributed by atoms with van der Waals surface area (Å²) in [5.74, 6) is 0. The van der Waals surface area contributed by atoms with Crippen LogP contribution in [0.4, 0.5) is 0 Å². The molecule has 15 heavy (non-hydrogen) atoms. The largest absolute Gasteiger partial charge is 0.394 e. The molecule has 0 bridgehead atoms. The van der Waals surface area contributed by atoms with E-state index in [4.69, 9.17) is 20.1 Å². The number of hydrogen-bond donors (Lipinski definition) is 3. The molecular weight excluding hydrogens is 206 g/mol. The molecule has 4 atom stereocenters. The van der Waals surface area contributed by atoms with Gasteiger partial charge in [-0.1, -0.05) is 5.11 Å². The van der Waals surface area contributed by atoms with E-state index >= 15 is 0 Å². The Labute approximate surface area is 85.7 Å². The van der Waals surface area contributed by atoms with Crippen molar-refractivity contribution < 1.29 is 24.8 Å². The van der Waals surface area contributed by atoms with Crippen molar-refractivity contribution in [2.75, 3.05) is 19.8 Å². The van der Waals surface area contributed by atoms with Crippen molar-refractivity contribution in [1.82, 2.24) is 0 Å². The first kappa shape index (κ1) is 12.2. The van der Waals surface area contributed by atoms with Gasteiger partial charge < -0.3 is 24.8 Å². The lowest BCUT2D eigenvalue weighted by molar-refractivity contribution is -0.167. The number of nitrogens with zero attached hydrogens (tertiary/aromatic N) is 3. The Morgan fingerprint density at radius 3 is 2.67 bits per heavy atom. The Hall–Kier alpha value is -0.890. The maximum atomic E-state index is 9.40. The Morgan fingerprint density at radius 1 is 1.40 bits per heavy atom. The average Bonchev–Trinajstić information content (AvgIpc) is 2.52. The van der Waals surface area contributed by atoms with Gasteiger partial charge in [-0.3, -0.25) is 0 Å². The monoisotopic (exact) mass is 219 g/mol. The standard InChI is InChI=1S/C7H13N3O5/c8-10-9-1-2-14-7-6(13)5(12)4(3-11)15-7/h4-7,11-13H,1-3H2/t4-,5?,6+,7-/m1/s1. The summed E-state index contributed by atoms with van der Waals surface area (Å²) < 4.78 is 10.0. The number of hydrogen-bond acceptors (Lipinski definition) is 6. The molecule has 8 heteroatoms. The van der Waals surface area contributed by atoms with Crippen molar-refractivity contribution in [2.45, 2.75) is 24.6 Å². The summed E-state index contributed by atoms with van der Waals surface area (Å²) in [7, 11) is 0. The topological polar surface area (TPSA) is 128 Å². The molecule has 0 aliphatic carbocycles.